The van der Waals surface area contributed by atoms with Gasteiger partial charge in [0.15, 0.2) is 5.96 Å². The topological polar surface area (TPSA) is 175 Å². The molecule has 2 aromatic rings. The lowest BCUT2D eigenvalue weighted by Gasteiger charge is -2.27. The maximum Gasteiger partial charge on any atom is 0.315 e. The van der Waals surface area contributed by atoms with Gasteiger partial charge in [0.2, 0.25) is 0 Å². The number of amides is 2. The summed E-state index contributed by atoms with van der Waals surface area (Å²) in [6.45, 7) is 16.1. The molecule has 11 nitrogen and oxygen atoms in total. The number of urea groups is 1. The molecule has 222 valence electrons. The van der Waals surface area contributed by atoms with E-state index in [9.17, 15) is 9.59 Å². The van der Waals surface area contributed by atoms with E-state index in [1.807, 2.05) is 65.8 Å². The molecule has 3 rings (SSSR count). The van der Waals surface area contributed by atoms with Crippen LogP contribution in [0.1, 0.15) is 72.2 Å². The van der Waals surface area contributed by atoms with Crippen LogP contribution in [0.15, 0.2) is 40.2 Å². The highest BCUT2D eigenvalue weighted by Gasteiger charge is 2.19. The number of aromatic nitrogens is 2. The zero-order valence-corrected chi connectivity index (χ0v) is 25.0. The molecule has 40 heavy (non-hydrogen) atoms. The molecule has 0 bridgehead atoms. The number of H-pyrrole nitrogens is 1. The highest BCUT2D eigenvalue weighted by molar-refractivity contribution is 5.75. The molecule has 1 saturated heterocycles. The van der Waals surface area contributed by atoms with E-state index in [4.69, 9.17) is 11.5 Å². The van der Waals surface area contributed by atoms with E-state index >= 15 is 0 Å². The van der Waals surface area contributed by atoms with Gasteiger partial charge in [-0.2, -0.15) is 0 Å². The number of aliphatic imine (C=N–C) groups is 1. The number of carbonyl (C=O) groups is 1. The van der Waals surface area contributed by atoms with Crippen LogP contribution in [-0.2, 0) is 12.0 Å². The number of benzene rings is 1. The van der Waals surface area contributed by atoms with Crippen molar-refractivity contribution in [3.63, 3.8) is 0 Å². The third-order valence-electron chi connectivity index (χ3n) is 6.03. The first kappa shape index (κ1) is 32.8. The quantitative estimate of drug-likeness (QED) is 0.149. The van der Waals surface area contributed by atoms with Crippen LogP contribution in [0.2, 0.25) is 0 Å². The van der Waals surface area contributed by atoms with Gasteiger partial charge in [-0.05, 0) is 64.3 Å². The minimum atomic E-state index is -0.186. The first-order valence-corrected chi connectivity index (χ1v) is 14.0. The van der Waals surface area contributed by atoms with Crippen molar-refractivity contribution in [1.82, 2.24) is 31.2 Å². The Morgan fingerprint density at radius 3 is 2.38 bits per heavy atom. The number of hydrogen-bond acceptors (Lipinski definition) is 6. The SMILES string of the molecule is CC(C)(C)NC(=O)N[C@@H]1CCCNC1.CC(C)(C)c1ncc(-c2ccc(CNCCCN=C(N)N)cc2)c(=O)[nH]1. The van der Waals surface area contributed by atoms with Crippen LogP contribution in [-0.4, -0.2) is 59.7 Å². The maximum absolute atomic E-state index is 12.4. The van der Waals surface area contributed by atoms with Crippen LogP contribution in [0.4, 0.5) is 4.79 Å². The Hall–Kier alpha value is -3.44. The number of nitrogens with zero attached hydrogens (tertiary/aromatic N) is 2. The number of nitrogens with one attached hydrogen (secondary N) is 5. The van der Waals surface area contributed by atoms with Crippen molar-refractivity contribution in [2.75, 3.05) is 26.2 Å². The van der Waals surface area contributed by atoms with Crippen molar-refractivity contribution >= 4 is 12.0 Å². The van der Waals surface area contributed by atoms with Gasteiger partial charge in [0.1, 0.15) is 5.82 Å². The molecule has 0 saturated carbocycles. The van der Waals surface area contributed by atoms with Crippen molar-refractivity contribution in [3.8, 4) is 11.1 Å². The average molecular weight is 556 g/mol. The fourth-order valence-electron chi connectivity index (χ4n) is 3.97. The molecule has 0 unspecified atom stereocenters. The Balaban J connectivity index is 0.000000337. The molecule has 9 N–H and O–H groups in total. The molecule has 0 spiro atoms. The Morgan fingerprint density at radius 2 is 1.82 bits per heavy atom. The van der Waals surface area contributed by atoms with Crippen LogP contribution in [0.25, 0.3) is 11.1 Å². The number of carbonyl (C=O) groups excluding carboxylic acids is 1. The summed E-state index contributed by atoms with van der Waals surface area (Å²) < 4.78 is 0. The first-order valence-electron chi connectivity index (χ1n) is 14.0. The van der Waals surface area contributed by atoms with Crippen molar-refractivity contribution in [2.45, 2.75) is 84.3 Å². The molecule has 1 aromatic carbocycles. The molecular weight excluding hydrogens is 506 g/mol. The second-order valence-electron chi connectivity index (χ2n) is 12.2. The van der Waals surface area contributed by atoms with E-state index in [1.54, 1.807) is 6.20 Å². The summed E-state index contributed by atoms with van der Waals surface area (Å²) in [7, 11) is 0. The molecular formula is C29H49N9O2. The number of piperidine rings is 1. The predicted octanol–water partition coefficient (Wildman–Crippen LogP) is 2.32. The third-order valence-corrected chi connectivity index (χ3v) is 6.03. The van der Waals surface area contributed by atoms with Gasteiger partial charge in [0.05, 0.1) is 5.56 Å². The number of aromatic amines is 1. The molecule has 1 fully saturated rings. The van der Waals surface area contributed by atoms with Gasteiger partial charge in [-0.1, -0.05) is 45.0 Å². The van der Waals surface area contributed by atoms with E-state index < -0.39 is 0 Å². The monoisotopic (exact) mass is 555 g/mol. The fraction of sp³-hybridized carbons (Fsp3) is 0.586. The average Bonchev–Trinajstić information content (AvgIpc) is 2.86. The second kappa shape index (κ2) is 15.4. The largest absolute Gasteiger partial charge is 0.370 e. The van der Waals surface area contributed by atoms with Gasteiger partial charge in [0, 0.05) is 42.8 Å². The normalized spacial score (nSPS) is 15.4. The van der Waals surface area contributed by atoms with Gasteiger partial charge < -0.3 is 37.7 Å². The van der Waals surface area contributed by atoms with Crippen LogP contribution >= 0.6 is 0 Å². The zero-order valence-electron chi connectivity index (χ0n) is 25.0. The number of nitrogens with two attached hydrogens (primary N) is 2. The number of guanidine groups is 1. The predicted molar refractivity (Wildman–Crippen MR) is 163 cm³/mol. The lowest BCUT2D eigenvalue weighted by Crippen LogP contribution is -2.53. The lowest BCUT2D eigenvalue weighted by atomic mass is 9.95. The first-order chi connectivity index (χ1) is 18.7. The highest BCUT2D eigenvalue weighted by Crippen LogP contribution is 2.19. The number of rotatable bonds is 8. The Kier molecular flexibility index (Phi) is 12.6. The minimum absolute atomic E-state index is 0.0637. The Morgan fingerprint density at radius 1 is 1.12 bits per heavy atom. The zero-order chi connectivity index (χ0) is 29.8. The van der Waals surface area contributed by atoms with Crippen LogP contribution in [0.5, 0.6) is 0 Å². The van der Waals surface area contributed by atoms with E-state index in [-0.39, 0.29) is 34.5 Å². The van der Waals surface area contributed by atoms with Crippen LogP contribution in [0, 0.1) is 0 Å². The van der Waals surface area contributed by atoms with E-state index in [0.717, 1.165) is 56.6 Å². The summed E-state index contributed by atoms with van der Waals surface area (Å²) in [5, 5.41) is 12.5. The third kappa shape index (κ3) is 12.6. The minimum Gasteiger partial charge on any atom is -0.370 e. The van der Waals surface area contributed by atoms with Crippen LogP contribution < -0.4 is 38.3 Å². The van der Waals surface area contributed by atoms with Crippen molar-refractivity contribution in [2.24, 2.45) is 16.5 Å². The summed E-state index contributed by atoms with van der Waals surface area (Å²) >= 11 is 0. The molecule has 1 atom stereocenters. The Labute approximate surface area is 238 Å². The number of hydrogen-bond donors (Lipinski definition) is 7. The van der Waals surface area contributed by atoms with E-state index in [0.29, 0.717) is 17.9 Å². The fourth-order valence-corrected chi connectivity index (χ4v) is 3.97. The van der Waals surface area contributed by atoms with Crippen LogP contribution in [0.3, 0.4) is 0 Å². The highest BCUT2D eigenvalue weighted by atomic mass is 16.2. The Bertz CT molecular complexity index is 1140. The summed E-state index contributed by atoms with van der Waals surface area (Å²) in [6.07, 6.45) is 4.73. The lowest BCUT2D eigenvalue weighted by molar-refractivity contribution is 0.225. The summed E-state index contributed by atoms with van der Waals surface area (Å²) in [4.78, 5) is 35.1. The van der Waals surface area contributed by atoms with Crippen molar-refractivity contribution in [1.29, 1.82) is 0 Å². The molecule has 0 aliphatic carbocycles. The summed E-state index contributed by atoms with van der Waals surface area (Å²) in [5.74, 6) is 0.813. The molecule has 1 aromatic heterocycles. The molecule has 2 amide bonds. The standard InChI is InChI=1S/C19H28N6O.C10H21N3O/c1-19(2,3)17-24-12-15(16(26)25-17)14-7-5-13(6-8-14)11-22-9-4-10-23-18(20)21;1-10(2,3)13-9(14)12-8-5-4-6-11-7-8/h5-8,12,22H,4,9-11H2,1-3H3,(H4,20,21,23)(H,24,25,26);8,11H,4-7H2,1-3H3,(H2,12,13,14)/t;8-/m.1/s1. The van der Waals surface area contributed by atoms with Gasteiger partial charge in [-0.15, -0.1) is 0 Å². The van der Waals surface area contributed by atoms with E-state index in [2.05, 4.69) is 36.2 Å². The van der Waals surface area contributed by atoms with Crippen molar-refractivity contribution in [3.05, 3.63) is 52.2 Å². The van der Waals surface area contributed by atoms with Gasteiger partial charge in [-0.3, -0.25) is 9.79 Å². The van der Waals surface area contributed by atoms with Gasteiger partial charge in [-0.25, -0.2) is 9.78 Å². The smallest absolute Gasteiger partial charge is 0.315 e. The summed E-state index contributed by atoms with van der Waals surface area (Å²) in [5.41, 5.74) is 12.7. The molecule has 1 aliphatic rings. The molecule has 1 aliphatic heterocycles. The molecule has 11 heteroatoms. The summed E-state index contributed by atoms with van der Waals surface area (Å²) in [6, 6.07) is 8.13. The maximum atomic E-state index is 12.4. The second-order valence-corrected chi connectivity index (χ2v) is 12.2. The van der Waals surface area contributed by atoms with Gasteiger partial charge >= 0.3 is 6.03 Å². The molecule has 0 radical (unpaired) electrons. The van der Waals surface area contributed by atoms with Crippen molar-refractivity contribution < 1.29 is 4.79 Å². The molecule has 2 heterocycles. The van der Waals surface area contributed by atoms with E-state index in [1.165, 1.54) is 0 Å². The van der Waals surface area contributed by atoms with Gasteiger partial charge in [0.25, 0.3) is 5.56 Å².